The van der Waals surface area contributed by atoms with Gasteiger partial charge in [0.2, 0.25) is 0 Å². The third-order valence-electron chi connectivity index (χ3n) is 1.77. The number of rotatable bonds is 6. The molecule has 0 radical (unpaired) electrons. The van der Waals surface area contributed by atoms with Crippen molar-refractivity contribution >= 4 is 5.97 Å². The van der Waals surface area contributed by atoms with Gasteiger partial charge in [0.15, 0.2) is 0 Å². The molecular formula is C13H22O2. The predicted octanol–water partition coefficient (Wildman–Crippen LogP) is 3.49. The Morgan fingerprint density at radius 2 is 2.00 bits per heavy atom. The largest absolute Gasteiger partial charge is 0.465 e. The van der Waals surface area contributed by atoms with Gasteiger partial charge in [-0.2, -0.15) is 0 Å². The van der Waals surface area contributed by atoms with Crippen LogP contribution in [-0.2, 0) is 9.53 Å². The van der Waals surface area contributed by atoms with Crippen LogP contribution in [0.25, 0.3) is 0 Å². The number of carbonyl (C=O) groups excluding carboxylic acids is 1. The van der Waals surface area contributed by atoms with Crippen LogP contribution < -0.4 is 0 Å². The van der Waals surface area contributed by atoms with Crippen LogP contribution in [0.2, 0.25) is 0 Å². The summed E-state index contributed by atoms with van der Waals surface area (Å²) in [5.41, 5.74) is 2.15. The first-order valence-electron chi connectivity index (χ1n) is 5.37. The van der Waals surface area contributed by atoms with Crippen LogP contribution in [0.3, 0.4) is 0 Å². The fourth-order valence-electron chi connectivity index (χ4n) is 0.935. The zero-order valence-corrected chi connectivity index (χ0v) is 10.3. The van der Waals surface area contributed by atoms with Gasteiger partial charge in [0.25, 0.3) is 0 Å². The van der Waals surface area contributed by atoms with Crippen molar-refractivity contribution in [2.45, 2.75) is 40.5 Å². The standard InChI is InChI=1S/C13H22O2/c1-10(2)6-7-12(5)8-13(14)15-9-11(3)4/h6,11H,5,7-9H2,1-4H3. The van der Waals surface area contributed by atoms with E-state index in [1.165, 1.54) is 5.57 Å². The van der Waals surface area contributed by atoms with Gasteiger partial charge in [0.1, 0.15) is 0 Å². The topological polar surface area (TPSA) is 26.3 Å². The zero-order chi connectivity index (χ0) is 11.8. The van der Waals surface area contributed by atoms with Gasteiger partial charge in [-0.1, -0.05) is 37.6 Å². The molecule has 0 fully saturated rings. The Hall–Kier alpha value is -1.05. The van der Waals surface area contributed by atoms with E-state index in [1.54, 1.807) is 0 Å². The van der Waals surface area contributed by atoms with E-state index in [1.807, 2.05) is 27.7 Å². The molecule has 0 N–H and O–H groups in total. The fourth-order valence-corrected chi connectivity index (χ4v) is 0.935. The molecule has 0 aliphatic carbocycles. The molecule has 0 saturated carbocycles. The molecule has 0 rings (SSSR count). The lowest BCUT2D eigenvalue weighted by atomic mass is 10.1. The van der Waals surface area contributed by atoms with Crippen molar-refractivity contribution in [2.24, 2.45) is 5.92 Å². The normalized spacial score (nSPS) is 9.93. The summed E-state index contributed by atoms with van der Waals surface area (Å²) in [5, 5.41) is 0. The van der Waals surface area contributed by atoms with Gasteiger partial charge < -0.3 is 4.74 Å². The van der Waals surface area contributed by atoms with E-state index in [-0.39, 0.29) is 5.97 Å². The average Bonchev–Trinajstić information content (AvgIpc) is 2.11. The Kier molecular flexibility index (Phi) is 6.76. The zero-order valence-electron chi connectivity index (χ0n) is 10.3. The number of hydrogen-bond donors (Lipinski definition) is 0. The Balaban J connectivity index is 3.77. The molecule has 0 spiro atoms. The Labute approximate surface area is 93.0 Å². The monoisotopic (exact) mass is 210 g/mol. The molecule has 0 aliphatic heterocycles. The van der Waals surface area contributed by atoms with Gasteiger partial charge in [-0.3, -0.25) is 4.79 Å². The maximum absolute atomic E-state index is 11.3. The number of esters is 1. The van der Waals surface area contributed by atoms with Crippen LogP contribution in [-0.4, -0.2) is 12.6 Å². The van der Waals surface area contributed by atoms with E-state index in [4.69, 9.17) is 4.74 Å². The van der Waals surface area contributed by atoms with Gasteiger partial charge in [-0.05, 0) is 26.2 Å². The van der Waals surface area contributed by atoms with E-state index in [2.05, 4.69) is 12.7 Å². The van der Waals surface area contributed by atoms with Crippen molar-refractivity contribution < 1.29 is 9.53 Å². The summed E-state index contributed by atoms with van der Waals surface area (Å²) in [6.45, 7) is 12.4. The molecule has 0 heterocycles. The minimum absolute atomic E-state index is 0.171. The Bertz CT molecular complexity index is 245. The number of ether oxygens (including phenoxy) is 1. The van der Waals surface area contributed by atoms with Crippen molar-refractivity contribution in [3.05, 3.63) is 23.8 Å². The van der Waals surface area contributed by atoms with Crippen molar-refractivity contribution in [1.29, 1.82) is 0 Å². The second-order valence-corrected chi connectivity index (χ2v) is 4.49. The smallest absolute Gasteiger partial charge is 0.309 e. The summed E-state index contributed by atoms with van der Waals surface area (Å²) < 4.78 is 5.06. The molecule has 2 heteroatoms. The number of allylic oxidation sites excluding steroid dienone is 2. The van der Waals surface area contributed by atoms with Gasteiger partial charge in [-0.15, -0.1) is 0 Å². The highest BCUT2D eigenvalue weighted by atomic mass is 16.5. The first-order valence-corrected chi connectivity index (χ1v) is 5.37. The summed E-state index contributed by atoms with van der Waals surface area (Å²) in [7, 11) is 0. The van der Waals surface area contributed by atoms with E-state index in [0.717, 1.165) is 12.0 Å². The molecular weight excluding hydrogens is 188 g/mol. The highest BCUT2D eigenvalue weighted by Gasteiger charge is 2.05. The maximum Gasteiger partial charge on any atom is 0.309 e. The molecule has 15 heavy (non-hydrogen) atoms. The highest BCUT2D eigenvalue weighted by molar-refractivity contribution is 5.72. The van der Waals surface area contributed by atoms with Crippen molar-refractivity contribution in [3.63, 3.8) is 0 Å². The fraction of sp³-hybridized carbons (Fsp3) is 0.615. The molecule has 0 unspecified atom stereocenters. The molecule has 86 valence electrons. The lowest BCUT2D eigenvalue weighted by Crippen LogP contribution is -2.10. The van der Waals surface area contributed by atoms with Crippen LogP contribution in [0.5, 0.6) is 0 Å². The molecule has 0 atom stereocenters. The lowest BCUT2D eigenvalue weighted by molar-refractivity contribution is -0.143. The van der Waals surface area contributed by atoms with Gasteiger partial charge in [0, 0.05) is 0 Å². The van der Waals surface area contributed by atoms with E-state index in [9.17, 15) is 4.79 Å². The van der Waals surface area contributed by atoms with Crippen LogP contribution in [0, 0.1) is 5.92 Å². The first kappa shape index (κ1) is 13.9. The SMILES string of the molecule is C=C(CC=C(C)C)CC(=O)OCC(C)C. The van der Waals surface area contributed by atoms with Crippen LogP contribution in [0.1, 0.15) is 40.5 Å². The highest BCUT2D eigenvalue weighted by Crippen LogP contribution is 2.08. The van der Waals surface area contributed by atoms with Crippen molar-refractivity contribution in [2.75, 3.05) is 6.61 Å². The molecule has 0 aromatic carbocycles. The molecule has 0 bridgehead atoms. The molecule has 0 aromatic heterocycles. The van der Waals surface area contributed by atoms with Crippen LogP contribution >= 0.6 is 0 Å². The summed E-state index contributed by atoms with van der Waals surface area (Å²) >= 11 is 0. The Morgan fingerprint density at radius 3 is 2.47 bits per heavy atom. The van der Waals surface area contributed by atoms with E-state index < -0.39 is 0 Å². The summed E-state index contributed by atoms with van der Waals surface area (Å²) in [6, 6.07) is 0. The molecule has 0 aromatic rings. The minimum Gasteiger partial charge on any atom is -0.465 e. The maximum atomic E-state index is 11.3. The molecule has 2 nitrogen and oxygen atoms in total. The van der Waals surface area contributed by atoms with Gasteiger partial charge >= 0.3 is 5.97 Å². The molecule has 0 amide bonds. The minimum atomic E-state index is -0.171. The second kappa shape index (κ2) is 7.27. The lowest BCUT2D eigenvalue weighted by Gasteiger charge is -2.07. The summed E-state index contributed by atoms with van der Waals surface area (Å²) in [6.07, 6.45) is 3.16. The third-order valence-corrected chi connectivity index (χ3v) is 1.77. The van der Waals surface area contributed by atoms with Crippen molar-refractivity contribution in [3.8, 4) is 0 Å². The first-order chi connectivity index (χ1) is 6.91. The van der Waals surface area contributed by atoms with E-state index in [0.29, 0.717) is 18.9 Å². The Morgan fingerprint density at radius 1 is 1.40 bits per heavy atom. The summed E-state index contributed by atoms with van der Waals surface area (Å²) in [5.74, 6) is 0.218. The second-order valence-electron chi connectivity index (χ2n) is 4.49. The number of hydrogen-bond acceptors (Lipinski definition) is 2. The third kappa shape index (κ3) is 9.26. The van der Waals surface area contributed by atoms with Crippen molar-refractivity contribution in [1.82, 2.24) is 0 Å². The van der Waals surface area contributed by atoms with Gasteiger partial charge in [0.05, 0.1) is 13.0 Å². The number of carbonyl (C=O) groups is 1. The van der Waals surface area contributed by atoms with Crippen LogP contribution in [0.4, 0.5) is 0 Å². The summed E-state index contributed by atoms with van der Waals surface area (Å²) in [4.78, 5) is 11.3. The van der Waals surface area contributed by atoms with Crippen LogP contribution in [0.15, 0.2) is 23.8 Å². The van der Waals surface area contributed by atoms with E-state index >= 15 is 0 Å². The predicted molar refractivity (Wildman–Crippen MR) is 63.6 cm³/mol. The average molecular weight is 210 g/mol. The molecule has 0 aliphatic rings. The van der Waals surface area contributed by atoms with Gasteiger partial charge in [-0.25, -0.2) is 0 Å². The molecule has 0 saturated heterocycles. The quantitative estimate of drug-likeness (QED) is 0.495.